The predicted octanol–water partition coefficient (Wildman–Crippen LogP) is 1.42. The van der Waals surface area contributed by atoms with Crippen LogP contribution in [0, 0.1) is 0 Å². The smallest absolute Gasteiger partial charge is 0.171 e. The highest BCUT2D eigenvalue weighted by atomic mass is 16.5. The third kappa shape index (κ3) is 2.45. The Bertz CT molecular complexity index is 478. The lowest BCUT2D eigenvalue weighted by Crippen LogP contribution is -2.13. The predicted molar refractivity (Wildman–Crippen MR) is 64.8 cm³/mol. The first-order chi connectivity index (χ1) is 8.24. The SMILES string of the molecule is CCc1nc(C(N)c2ccc(OC)cc2)n[nH]1. The van der Waals surface area contributed by atoms with Gasteiger partial charge in [-0.3, -0.25) is 5.10 Å². The van der Waals surface area contributed by atoms with Gasteiger partial charge in [-0.05, 0) is 17.7 Å². The summed E-state index contributed by atoms with van der Waals surface area (Å²) in [5, 5.41) is 6.98. The molecule has 0 fully saturated rings. The number of benzene rings is 1. The minimum atomic E-state index is -0.308. The number of H-pyrrole nitrogens is 1. The third-order valence-corrected chi connectivity index (χ3v) is 2.64. The molecule has 3 N–H and O–H groups in total. The molecule has 1 atom stereocenters. The summed E-state index contributed by atoms with van der Waals surface area (Å²) in [5.41, 5.74) is 7.06. The quantitative estimate of drug-likeness (QED) is 0.835. The maximum Gasteiger partial charge on any atom is 0.171 e. The van der Waals surface area contributed by atoms with Crippen LogP contribution in [-0.2, 0) is 6.42 Å². The van der Waals surface area contributed by atoms with Crippen LogP contribution in [0.2, 0.25) is 0 Å². The van der Waals surface area contributed by atoms with Crippen molar-refractivity contribution in [3.63, 3.8) is 0 Å². The maximum absolute atomic E-state index is 6.09. The molecule has 5 nitrogen and oxygen atoms in total. The Balaban J connectivity index is 2.20. The Labute approximate surface area is 100 Å². The molecule has 1 aromatic heterocycles. The molecule has 0 radical (unpaired) electrons. The van der Waals surface area contributed by atoms with Crippen LogP contribution in [0.25, 0.3) is 0 Å². The Hall–Kier alpha value is -1.88. The summed E-state index contributed by atoms with van der Waals surface area (Å²) in [4.78, 5) is 4.32. The third-order valence-electron chi connectivity index (χ3n) is 2.64. The second kappa shape index (κ2) is 4.97. The Kier molecular flexibility index (Phi) is 3.39. The highest BCUT2D eigenvalue weighted by Crippen LogP contribution is 2.19. The van der Waals surface area contributed by atoms with E-state index < -0.39 is 0 Å². The monoisotopic (exact) mass is 232 g/mol. The molecule has 5 heteroatoms. The first-order valence-electron chi connectivity index (χ1n) is 5.55. The van der Waals surface area contributed by atoms with Gasteiger partial charge >= 0.3 is 0 Å². The van der Waals surface area contributed by atoms with Gasteiger partial charge in [0.1, 0.15) is 11.6 Å². The van der Waals surface area contributed by atoms with Gasteiger partial charge in [0.2, 0.25) is 0 Å². The molecule has 90 valence electrons. The minimum absolute atomic E-state index is 0.308. The summed E-state index contributed by atoms with van der Waals surface area (Å²) < 4.78 is 5.10. The number of nitrogens with two attached hydrogens (primary N) is 1. The highest BCUT2D eigenvalue weighted by Gasteiger charge is 2.13. The Morgan fingerprint density at radius 2 is 2.06 bits per heavy atom. The molecule has 0 amide bonds. The van der Waals surface area contributed by atoms with Crippen LogP contribution in [0.4, 0.5) is 0 Å². The number of nitrogens with one attached hydrogen (secondary N) is 1. The molecule has 0 saturated carbocycles. The van der Waals surface area contributed by atoms with Crippen molar-refractivity contribution in [2.75, 3.05) is 7.11 Å². The number of methoxy groups -OCH3 is 1. The number of aromatic nitrogens is 3. The van der Waals surface area contributed by atoms with Gasteiger partial charge < -0.3 is 10.5 Å². The second-order valence-electron chi connectivity index (χ2n) is 3.74. The Morgan fingerprint density at radius 3 is 2.59 bits per heavy atom. The fraction of sp³-hybridized carbons (Fsp3) is 0.333. The van der Waals surface area contributed by atoms with Gasteiger partial charge in [-0.1, -0.05) is 19.1 Å². The zero-order chi connectivity index (χ0) is 12.3. The van der Waals surface area contributed by atoms with Gasteiger partial charge in [0, 0.05) is 6.42 Å². The summed E-state index contributed by atoms with van der Waals surface area (Å²) in [6.07, 6.45) is 0.822. The van der Waals surface area contributed by atoms with E-state index in [1.807, 2.05) is 31.2 Å². The van der Waals surface area contributed by atoms with E-state index in [4.69, 9.17) is 10.5 Å². The molecule has 2 rings (SSSR count). The van der Waals surface area contributed by atoms with Crippen molar-refractivity contribution >= 4 is 0 Å². The lowest BCUT2D eigenvalue weighted by Gasteiger charge is -2.08. The summed E-state index contributed by atoms with van der Waals surface area (Å²) in [6.45, 7) is 2.02. The molecule has 0 aliphatic heterocycles. The summed E-state index contributed by atoms with van der Waals surface area (Å²) in [7, 11) is 1.64. The van der Waals surface area contributed by atoms with Crippen molar-refractivity contribution in [1.29, 1.82) is 0 Å². The van der Waals surface area contributed by atoms with Crippen molar-refractivity contribution in [2.24, 2.45) is 5.73 Å². The fourth-order valence-corrected chi connectivity index (χ4v) is 1.57. The molecule has 0 bridgehead atoms. The topological polar surface area (TPSA) is 76.8 Å². The average molecular weight is 232 g/mol. The minimum Gasteiger partial charge on any atom is -0.497 e. The van der Waals surface area contributed by atoms with Crippen LogP contribution >= 0.6 is 0 Å². The molecule has 2 aromatic rings. The lowest BCUT2D eigenvalue weighted by molar-refractivity contribution is 0.414. The van der Waals surface area contributed by atoms with Crippen molar-refractivity contribution < 1.29 is 4.74 Å². The molecule has 0 aliphatic rings. The fourth-order valence-electron chi connectivity index (χ4n) is 1.57. The van der Waals surface area contributed by atoms with Crippen LogP contribution < -0.4 is 10.5 Å². The normalized spacial score (nSPS) is 12.4. The van der Waals surface area contributed by atoms with Crippen molar-refractivity contribution in [3.05, 3.63) is 41.5 Å². The van der Waals surface area contributed by atoms with E-state index in [2.05, 4.69) is 15.2 Å². The number of hydrogen-bond donors (Lipinski definition) is 2. The molecular formula is C12H16N4O. The van der Waals surface area contributed by atoms with Crippen LogP contribution in [0.15, 0.2) is 24.3 Å². The molecule has 0 saturated heterocycles. The number of hydrogen-bond acceptors (Lipinski definition) is 4. The first-order valence-corrected chi connectivity index (χ1v) is 5.55. The zero-order valence-corrected chi connectivity index (χ0v) is 9.97. The summed E-state index contributed by atoms with van der Waals surface area (Å²) >= 11 is 0. The van der Waals surface area contributed by atoms with Crippen molar-refractivity contribution in [2.45, 2.75) is 19.4 Å². The number of aryl methyl sites for hydroxylation is 1. The molecule has 1 unspecified atom stereocenters. The van der Waals surface area contributed by atoms with Crippen LogP contribution in [0.5, 0.6) is 5.75 Å². The van der Waals surface area contributed by atoms with E-state index in [-0.39, 0.29) is 6.04 Å². The van der Waals surface area contributed by atoms with Crippen LogP contribution in [-0.4, -0.2) is 22.3 Å². The maximum atomic E-state index is 6.09. The Morgan fingerprint density at radius 1 is 1.35 bits per heavy atom. The first kappa shape index (κ1) is 11.6. The van der Waals surface area contributed by atoms with E-state index >= 15 is 0 Å². The molecule has 17 heavy (non-hydrogen) atoms. The zero-order valence-electron chi connectivity index (χ0n) is 9.97. The lowest BCUT2D eigenvalue weighted by atomic mass is 10.1. The average Bonchev–Trinajstić information content (AvgIpc) is 2.87. The van der Waals surface area contributed by atoms with Crippen molar-refractivity contribution in [1.82, 2.24) is 15.2 Å². The standard InChI is InChI=1S/C12H16N4O/c1-3-10-14-12(16-15-10)11(13)8-4-6-9(17-2)7-5-8/h4-7,11H,3,13H2,1-2H3,(H,14,15,16). The molecule has 1 heterocycles. The van der Waals surface area contributed by atoms with Crippen molar-refractivity contribution in [3.8, 4) is 5.75 Å². The van der Waals surface area contributed by atoms with E-state index in [1.54, 1.807) is 7.11 Å². The van der Waals surface area contributed by atoms with Crippen LogP contribution in [0.1, 0.15) is 30.2 Å². The van der Waals surface area contributed by atoms with E-state index in [1.165, 1.54) is 0 Å². The van der Waals surface area contributed by atoms with E-state index in [0.29, 0.717) is 5.82 Å². The second-order valence-corrected chi connectivity index (χ2v) is 3.74. The van der Waals surface area contributed by atoms with Gasteiger partial charge in [-0.25, -0.2) is 4.98 Å². The number of nitrogens with zero attached hydrogens (tertiary/aromatic N) is 2. The van der Waals surface area contributed by atoms with E-state index in [9.17, 15) is 0 Å². The largest absolute Gasteiger partial charge is 0.497 e. The number of rotatable bonds is 4. The van der Waals surface area contributed by atoms with Crippen LogP contribution in [0.3, 0.4) is 0 Å². The van der Waals surface area contributed by atoms with Gasteiger partial charge in [-0.2, -0.15) is 5.10 Å². The summed E-state index contributed by atoms with van der Waals surface area (Å²) in [5.74, 6) is 2.28. The van der Waals surface area contributed by atoms with E-state index in [0.717, 1.165) is 23.6 Å². The van der Waals surface area contributed by atoms with Gasteiger partial charge in [0.15, 0.2) is 5.82 Å². The molecular weight excluding hydrogens is 216 g/mol. The molecule has 0 spiro atoms. The number of aromatic amines is 1. The molecule has 1 aromatic carbocycles. The van der Waals surface area contributed by atoms with Gasteiger partial charge in [0.05, 0.1) is 13.2 Å². The summed E-state index contributed by atoms with van der Waals surface area (Å²) in [6, 6.07) is 7.29. The van der Waals surface area contributed by atoms with Gasteiger partial charge in [0.25, 0.3) is 0 Å². The number of ether oxygens (including phenoxy) is 1. The molecule has 0 aliphatic carbocycles. The highest BCUT2D eigenvalue weighted by molar-refractivity contribution is 5.31. The van der Waals surface area contributed by atoms with Gasteiger partial charge in [-0.15, -0.1) is 0 Å².